The van der Waals surface area contributed by atoms with E-state index in [0.29, 0.717) is 6.42 Å². The molecule has 0 aliphatic rings. The Morgan fingerprint density at radius 3 is 3.00 bits per heavy atom. The Balaban J connectivity index is 2.14. The Hall–Kier alpha value is -1.75. The van der Waals surface area contributed by atoms with Crippen molar-refractivity contribution in [2.24, 2.45) is 5.73 Å². The summed E-state index contributed by atoms with van der Waals surface area (Å²) in [5.74, 6) is 0.945. The van der Waals surface area contributed by atoms with Crippen molar-refractivity contribution in [2.45, 2.75) is 39.3 Å². The molecule has 0 aliphatic carbocycles. The van der Waals surface area contributed by atoms with E-state index in [1.54, 1.807) is 12.5 Å². The predicted octanol–water partition coefficient (Wildman–Crippen LogP) is 1.63. The summed E-state index contributed by atoms with van der Waals surface area (Å²) in [6, 6.07) is 1.91. The van der Waals surface area contributed by atoms with Crippen LogP contribution in [0.2, 0.25) is 0 Å². The van der Waals surface area contributed by atoms with Crippen LogP contribution in [0.5, 0.6) is 0 Å². The van der Waals surface area contributed by atoms with E-state index in [0.717, 1.165) is 29.9 Å². The van der Waals surface area contributed by atoms with Crippen molar-refractivity contribution in [1.82, 2.24) is 19.7 Å². The maximum Gasteiger partial charge on any atom is 0.138 e. The first-order valence-corrected chi connectivity index (χ1v) is 6.25. The third-order valence-corrected chi connectivity index (χ3v) is 3.00. The van der Waals surface area contributed by atoms with Gasteiger partial charge in [0.1, 0.15) is 12.2 Å². The Morgan fingerprint density at radius 2 is 2.28 bits per heavy atom. The number of hydrogen-bond donors (Lipinski definition) is 1. The quantitative estimate of drug-likeness (QED) is 0.869. The van der Waals surface area contributed by atoms with Crippen molar-refractivity contribution >= 4 is 0 Å². The van der Waals surface area contributed by atoms with Crippen LogP contribution in [0.25, 0.3) is 0 Å². The summed E-state index contributed by atoms with van der Waals surface area (Å²) < 4.78 is 1.93. The molecular weight excluding hydrogens is 226 g/mol. The Kier molecular flexibility index (Phi) is 4.04. The zero-order valence-corrected chi connectivity index (χ0v) is 10.9. The van der Waals surface area contributed by atoms with Crippen LogP contribution in [0, 0.1) is 6.92 Å². The largest absolute Gasteiger partial charge is 0.324 e. The van der Waals surface area contributed by atoms with Crippen molar-refractivity contribution in [2.75, 3.05) is 0 Å². The molecule has 2 aromatic heterocycles. The molecule has 5 nitrogen and oxygen atoms in total. The predicted molar refractivity (Wildman–Crippen MR) is 69.9 cm³/mol. The van der Waals surface area contributed by atoms with Crippen LogP contribution < -0.4 is 5.73 Å². The average molecular weight is 245 g/mol. The van der Waals surface area contributed by atoms with E-state index in [4.69, 9.17) is 5.73 Å². The molecule has 5 heteroatoms. The van der Waals surface area contributed by atoms with E-state index in [1.807, 2.05) is 23.9 Å². The molecule has 0 bridgehead atoms. The summed E-state index contributed by atoms with van der Waals surface area (Å²) in [6.07, 6.45) is 6.95. The van der Waals surface area contributed by atoms with Crippen LogP contribution >= 0.6 is 0 Å². The molecule has 1 unspecified atom stereocenters. The highest BCUT2D eigenvalue weighted by Crippen LogP contribution is 2.17. The maximum atomic E-state index is 6.24. The molecule has 2 rings (SSSR count). The average Bonchev–Trinajstić information content (AvgIpc) is 2.78. The Morgan fingerprint density at radius 1 is 1.44 bits per heavy atom. The lowest BCUT2D eigenvalue weighted by Crippen LogP contribution is -2.18. The zero-order valence-electron chi connectivity index (χ0n) is 10.9. The zero-order chi connectivity index (χ0) is 13.0. The minimum Gasteiger partial charge on any atom is -0.324 e. The molecule has 0 saturated heterocycles. The van der Waals surface area contributed by atoms with Gasteiger partial charge in [-0.25, -0.2) is 4.98 Å². The summed E-state index contributed by atoms with van der Waals surface area (Å²) in [5.41, 5.74) is 8.48. The molecular formula is C13H19N5. The fraction of sp³-hybridized carbons (Fsp3) is 0.462. The van der Waals surface area contributed by atoms with Gasteiger partial charge in [-0.3, -0.25) is 9.67 Å². The van der Waals surface area contributed by atoms with Crippen LogP contribution in [0.15, 0.2) is 24.8 Å². The summed E-state index contributed by atoms with van der Waals surface area (Å²) in [7, 11) is 0. The second-order valence-corrected chi connectivity index (χ2v) is 4.44. The van der Waals surface area contributed by atoms with Gasteiger partial charge < -0.3 is 5.73 Å². The van der Waals surface area contributed by atoms with Gasteiger partial charge in [-0.05, 0) is 30.5 Å². The van der Waals surface area contributed by atoms with E-state index >= 15 is 0 Å². The van der Waals surface area contributed by atoms with Crippen LogP contribution in [-0.4, -0.2) is 19.7 Å². The molecule has 0 fully saturated rings. The molecule has 96 valence electrons. The summed E-state index contributed by atoms with van der Waals surface area (Å²) in [4.78, 5) is 8.37. The highest BCUT2D eigenvalue weighted by molar-refractivity contribution is 5.25. The van der Waals surface area contributed by atoms with Crippen LogP contribution in [0.1, 0.15) is 36.3 Å². The van der Waals surface area contributed by atoms with Crippen LogP contribution in [0.3, 0.4) is 0 Å². The second-order valence-electron chi connectivity index (χ2n) is 4.44. The molecule has 1 atom stereocenters. The number of nitrogens with two attached hydrogens (primary N) is 1. The van der Waals surface area contributed by atoms with Gasteiger partial charge in [0.25, 0.3) is 0 Å². The van der Waals surface area contributed by atoms with Gasteiger partial charge in [0, 0.05) is 31.4 Å². The van der Waals surface area contributed by atoms with Gasteiger partial charge in [0.2, 0.25) is 0 Å². The lowest BCUT2D eigenvalue weighted by atomic mass is 10.0. The van der Waals surface area contributed by atoms with Crippen molar-refractivity contribution in [3.63, 3.8) is 0 Å². The first kappa shape index (κ1) is 12.7. The molecule has 0 amide bonds. The van der Waals surface area contributed by atoms with E-state index in [1.165, 1.54) is 0 Å². The third-order valence-electron chi connectivity index (χ3n) is 3.00. The number of pyridine rings is 1. The number of hydrogen-bond acceptors (Lipinski definition) is 4. The topological polar surface area (TPSA) is 69.6 Å². The van der Waals surface area contributed by atoms with Gasteiger partial charge in [-0.2, -0.15) is 5.10 Å². The van der Waals surface area contributed by atoms with Crippen molar-refractivity contribution in [1.29, 1.82) is 0 Å². The highest BCUT2D eigenvalue weighted by atomic mass is 15.3. The van der Waals surface area contributed by atoms with Gasteiger partial charge in [0.15, 0.2) is 0 Å². The molecule has 0 radical (unpaired) electrons. The standard InChI is InChI=1S/C13H19N5/c1-3-6-18-13(16-9-17-18)7-12(14)11-4-5-15-8-10(11)2/h4-5,8-9,12H,3,6-7,14H2,1-2H3. The monoisotopic (exact) mass is 245 g/mol. The number of aryl methyl sites for hydroxylation is 2. The SMILES string of the molecule is CCCn1ncnc1CC(N)c1ccncc1C. The van der Waals surface area contributed by atoms with Gasteiger partial charge in [-0.15, -0.1) is 0 Å². The molecule has 2 aromatic rings. The summed E-state index contributed by atoms with van der Waals surface area (Å²) >= 11 is 0. The molecule has 2 heterocycles. The first-order chi connectivity index (χ1) is 8.72. The minimum absolute atomic E-state index is 0.0622. The van der Waals surface area contributed by atoms with Crippen LogP contribution in [0.4, 0.5) is 0 Å². The lowest BCUT2D eigenvalue weighted by Gasteiger charge is -2.14. The van der Waals surface area contributed by atoms with Crippen molar-refractivity contribution < 1.29 is 0 Å². The molecule has 0 aliphatic heterocycles. The fourth-order valence-electron chi connectivity index (χ4n) is 2.05. The van der Waals surface area contributed by atoms with Gasteiger partial charge in [-0.1, -0.05) is 6.92 Å². The Bertz CT molecular complexity index is 506. The normalized spacial score (nSPS) is 12.6. The third kappa shape index (κ3) is 2.73. The number of nitrogens with zero attached hydrogens (tertiary/aromatic N) is 4. The number of rotatable bonds is 5. The van der Waals surface area contributed by atoms with Gasteiger partial charge in [0.05, 0.1) is 0 Å². The molecule has 2 N–H and O–H groups in total. The van der Waals surface area contributed by atoms with Gasteiger partial charge >= 0.3 is 0 Å². The first-order valence-electron chi connectivity index (χ1n) is 6.25. The van der Waals surface area contributed by atoms with E-state index in [-0.39, 0.29) is 6.04 Å². The van der Waals surface area contributed by atoms with Crippen molar-refractivity contribution in [3.05, 3.63) is 41.7 Å². The van der Waals surface area contributed by atoms with Crippen LogP contribution in [-0.2, 0) is 13.0 Å². The van der Waals surface area contributed by atoms with Crippen molar-refractivity contribution in [3.8, 4) is 0 Å². The fourth-order valence-corrected chi connectivity index (χ4v) is 2.05. The molecule has 18 heavy (non-hydrogen) atoms. The Labute approximate surface area is 107 Å². The smallest absolute Gasteiger partial charge is 0.138 e. The number of aromatic nitrogens is 4. The summed E-state index contributed by atoms with van der Waals surface area (Å²) in [6.45, 7) is 5.04. The molecule has 0 spiro atoms. The minimum atomic E-state index is -0.0622. The summed E-state index contributed by atoms with van der Waals surface area (Å²) in [5, 5.41) is 4.21. The van der Waals surface area contributed by atoms with E-state index in [9.17, 15) is 0 Å². The second kappa shape index (κ2) is 5.73. The lowest BCUT2D eigenvalue weighted by molar-refractivity contribution is 0.547. The molecule has 0 saturated carbocycles. The van der Waals surface area contributed by atoms with E-state index < -0.39 is 0 Å². The molecule has 0 aromatic carbocycles. The highest BCUT2D eigenvalue weighted by Gasteiger charge is 2.13. The maximum absolute atomic E-state index is 6.24. The van der Waals surface area contributed by atoms with E-state index in [2.05, 4.69) is 22.0 Å².